The third-order valence-corrected chi connectivity index (χ3v) is 5.07. The van der Waals surface area contributed by atoms with Gasteiger partial charge in [0.1, 0.15) is 11.3 Å². The standard InChI is InChI=1S/C19H14BrIN2O4/c1-2-27-16-7-6-11(9-15(16)21)8-14-17(24)22-19(26)23(18(14)25)13-5-3-4-12(20)10-13/h3-10H,2H2,1H3,(H,22,24,26)/b14-8+. The third-order valence-electron chi connectivity index (χ3n) is 3.73. The first-order valence-corrected chi connectivity index (χ1v) is 9.87. The molecular formula is C19H14BrIN2O4. The van der Waals surface area contributed by atoms with Crippen LogP contribution in [0.2, 0.25) is 0 Å². The van der Waals surface area contributed by atoms with E-state index in [0.29, 0.717) is 22.3 Å². The number of barbiturate groups is 1. The Kier molecular flexibility index (Phi) is 5.95. The third kappa shape index (κ3) is 4.22. The van der Waals surface area contributed by atoms with E-state index in [1.54, 1.807) is 42.5 Å². The van der Waals surface area contributed by atoms with Crippen molar-refractivity contribution in [3.8, 4) is 5.75 Å². The number of urea groups is 1. The Balaban J connectivity index is 1.98. The summed E-state index contributed by atoms with van der Waals surface area (Å²) >= 11 is 5.44. The lowest BCUT2D eigenvalue weighted by Crippen LogP contribution is -2.54. The van der Waals surface area contributed by atoms with Crippen molar-refractivity contribution in [3.05, 3.63) is 61.6 Å². The Bertz CT molecular complexity index is 974. The van der Waals surface area contributed by atoms with Crippen LogP contribution in [0.4, 0.5) is 10.5 Å². The van der Waals surface area contributed by atoms with E-state index in [-0.39, 0.29) is 5.57 Å². The summed E-state index contributed by atoms with van der Waals surface area (Å²) in [6.45, 7) is 2.44. The largest absolute Gasteiger partial charge is 0.493 e. The van der Waals surface area contributed by atoms with Gasteiger partial charge in [-0.3, -0.25) is 14.9 Å². The van der Waals surface area contributed by atoms with Gasteiger partial charge in [0.2, 0.25) is 0 Å². The minimum absolute atomic E-state index is 0.116. The molecule has 8 heteroatoms. The Labute approximate surface area is 177 Å². The Morgan fingerprint density at radius 2 is 1.96 bits per heavy atom. The molecule has 27 heavy (non-hydrogen) atoms. The molecule has 1 fully saturated rings. The number of amides is 4. The van der Waals surface area contributed by atoms with Gasteiger partial charge in [0, 0.05) is 4.47 Å². The lowest BCUT2D eigenvalue weighted by atomic mass is 10.1. The number of nitrogens with zero attached hydrogens (tertiary/aromatic N) is 1. The molecule has 4 amide bonds. The molecule has 1 heterocycles. The smallest absolute Gasteiger partial charge is 0.335 e. The number of carbonyl (C=O) groups is 3. The van der Waals surface area contributed by atoms with E-state index in [2.05, 4.69) is 43.8 Å². The number of imide groups is 2. The average molecular weight is 541 g/mol. The van der Waals surface area contributed by atoms with E-state index >= 15 is 0 Å². The Morgan fingerprint density at radius 1 is 1.19 bits per heavy atom. The number of carbonyl (C=O) groups excluding carboxylic acids is 3. The fraction of sp³-hybridized carbons (Fsp3) is 0.105. The van der Waals surface area contributed by atoms with Gasteiger partial charge >= 0.3 is 6.03 Å². The minimum Gasteiger partial charge on any atom is -0.493 e. The molecule has 1 aliphatic heterocycles. The second-order valence-corrected chi connectivity index (χ2v) is 7.64. The van der Waals surface area contributed by atoms with Gasteiger partial charge < -0.3 is 4.74 Å². The van der Waals surface area contributed by atoms with Gasteiger partial charge in [-0.25, -0.2) is 9.69 Å². The molecule has 3 rings (SSSR count). The molecule has 0 aliphatic carbocycles. The predicted octanol–water partition coefficient (Wildman–Crippen LogP) is 4.12. The van der Waals surface area contributed by atoms with Crippen molar-refractivity contribution in [1.82, 2.24) is 5.32 Å². The molecule has 138 valence electrons. The van der Waals surface area contributed by atoms with Gasteiger partial charge in [-0.1, -0.05) is 28.1 Å². The van der Waals surface area contributed by atoms with Gasteiger partial charge in [0.25, 0.3) is 11.8 Å². The fourth-order valence-electron chi connectivity index (χ4n) is 2.55. The van der Waals surface area contributed by atoms with Gasteiger partial charge in [-0.15, -0.1) is 0 Å². The SMILES string of the molecule is CCOc1ccc(/C=C2\C(=O)NC(=O)N(c3cccc(Br)c3)C2=O)cc1I. The molecule has 6 nitrogen and oxygen atoms in total. The zero-order valence-corrected chi connectivity index (χ0v) is 17.9. The first-order chi connectivity index (χ1) is 12.9. The number of nitrogens with one attached hydrogen (secondary N) is 1. The van der Waals surface area contributed by atoms with Crippen LogP contribution in [0.5, 0.6) is 5.75 Å². The van der Waals surface area contributed by atoms with Crippen molar-refractivity contribution in [2.24, 2.45) is 0 Å². The van der Waals surface area contributed by atoms with Crippen LogP contribution < -0.4 is 15.0 Å². The molecule has 0 atom stereocenters. The zero-order chi connectivity index (χ0) is 19.6. The number of anilines is 1. The molecular weight excluding hydrogens is 527 g/mol. The van der Waals surface area contributed by atoms with Crippen LogP contribution >= 0.6 is 38.5 Å². The summed E-state index contributed by atoms with van der Waals surface area (Å²) < 4.78 is 7.06. The Hall–Kier alpha value is -2.20. The molecule has 0 spiro atoms. The van der Waals surface area contributed by atoms with Crippen LogP contribution in [0.25, 0.3) is 6.08 Å². The molecule has 0 saturated carbocycles. The first kappa shape index (κ1) is 19.6. The zero-order valence-electron chi connectivity index (χ0n) is 14.2. The highest BCUT2D eigenvalue weighted by Crippen LogP contribution is 2.26. The summed E-state index contributed by atoms with van der Waals surface area (Å²) in [5.41, 5.74) is 0.908. The maximum absolute atomic E-state index is 12.9. The molecule has 2 aromatic rings. The highest BCUT2D eigenvalue weighted by atomic mass is 127. The van der Waals surface area contributed by atoms with E-state index in [1.165, 1.54) is 6.08 Å². The van der Waals surface area contributed by atoms with Crippen molar-refractivity contribution in [3.63, 3.8) is 0 Å². The number of halogens is 2. The lowest BCUT2D eigenvalue weighted by Gasteiger charge is -2.26. The van der Waals surface area contributed by atoms with E-state index in [9.17, 15) is 14.4 Å². The monoisotopic (exact) mass is 540 g/mol. The molecule has 0 radical (unpaired) electrons. The summed E-state index contributed by atoms with van der Waals surface area (Å²) in [4.78, 5) is 38.2. The number of benzene rings is 2. The van der Waals surface area contributed by atoms with Crippen molar-refractivity contribution in [2.45, 2.75) is 6.92 Å². The van der Waals surface area contributed by atoms with Crippen LogP contribution in [0.1, 0.15) is 12.5 Å². The second kappa shape index (κ2) is 8.22. The van der Waals surface area contributed by atoms with Crippen LogP contribution in [0, 0.1) is 3.57 Å². The average Bonchev–Trinajstić information content (AvgIpc) is 2.61. The number of hydrogen-bond acceptors (Lipinski definition) is 4. The summed E-state index contributed by atoms with van der Waals surface area (Å²) in [5, 5.41) is 2.21. The second-order valence-electron chi connectivity index (χ2n) is 5.56. The maximum atomic E-state index is 12.9. The van der Waals surface area contributed by atoms with Crippen LogP contribution in [-0.4, -0.2) is 24.5 Å². The van der Waals surface area contributed by atoms with E-state index in [0.717, 1.165) is 14.2 Å². The van der Waals surface area contributed by atoms with Crippen LogP contribution in [0.3, 0.4) is 0 Å². The van der Waals surface area contributed by atoms with Gasteiger partial charge in [0.15, 0.2) is 0 Å². The molecule has 2 aromatic carbocycles. The summed E-state index contributed by atoms with van der Waals surface area (Å²) in [7, 11) is 0. The van der Waals surface area contributed by atoms with Crippen molar-refractivity contribution in [2.75, 3.05) is 11.5 Å². The molecule has 1 saturated heterocycles. The number of hydrogen-bond donors (Lipinski definition) is 1. The first-order valence-electron chi connectivity index (χ1n) is 8.00. The predicted molar refractivity (Wildman–Crippen MR) is 113 cm³/mol. The lowest BCUT2D eigenvalue weighted by molar-refractivity contribution is -0.122. The Morgan fingerprint density at radius 3 is 2.63 bits per heavy atom. The van der Waals surface area contributed by atoms with Crippen LogP contribution in [-0.2, 0) is 9.59 Å². The molecule has 0 bridgehead atoms. The summed E-state index contributed by atoms with van der Waals surface area (Å²) in [6.07, 6.45) is 1.47. The van der Waals surface area contributed by atoms with Crippen LogP contribution in [0.15, 0.2) is 52.5 Å². The summed E-state index contributed by atoms with van der Waals surface area (Å²) in [5.74, 6) is -0.670. The molecule has 0 unspecified atom stereocenters. The summed E-state index contributed by atoms with van der Waals surface area (Å²) in [6, 6.07) is 11.3. The van der Waals surface area contributed by atoms with E-state index < -0.39 is 17.8 Å². The van der Waals surface area contributed by atoms with E-state index in [4.69, 9.17) is 4.74 Å². The molecule has 1 aliphatic rings. The molecule has 0 aromatic heterocycles. The number of rotatable bonds is 4. The topological polar surface area (TPSA) is 75.7 Å². The van der Waals surface area contributed by atoms with E-state index in [1.807, 2.05) is 6.92 Å². The normalized spacial score (nSPS) is 15.9. The quantitative estimate of drug-likeness (QED) is 0.359. The maximum Gasteiger partial charge on any atom is 0.335 e. The fourth-order valence-corrected chi connectivity index (χ4v) is 3.64. The van der Waals surface area contributed by atoms with Gasteiger partial charge in [-0.2, -0.15) is 0 Å². The van der Waals surface area contributed by atoms with Gasteiger partial charge in [0.05, 0.1) is 15.9 Å². The highest BCUT2D eigenvalue weighted by Gasteiger charge is 2.36. The van der Waals surface area contributed by atoms with Crippen molar-refractivity contribution < 1.29 is 19.1 Å². The molecule has 1 N–H and O–H groups in total. The van der Waals surface area contributed by atoms with Crippen molar-refractivity contribution >= 4 is 68.1 Å². The van der Waals surface area contributed by atoms with Crippen molar-refractivity contribution in [1.29, 1.82) is 0 Å². The highest BCUT2D eigenvalue weighted by molar-refractivity contribution is 14.1. The number of ether oxygens (including phenoxy) is 1. The minimum atomic E-state index is -0.776. The van der Waals surface area contributed by atoms with Gasteiger partial charge in [-0.05, 0) is 71.5 Å².